The first-order valence-electron chi connectivity index (χ1n) is 7.79. The van der Waals surface area contributed by atoms with E-state index in [1.54, 1.807) is 0 Å². The first kappa shape index (κ1) is 16.0. The van der Waals surface area contributed by atoms with Crippen molar-refractivity contribution in [3.8, 4) is 0 Å². The quantitative estimate of drug-likeness (QED) is 0.774. The van der Waals surface area contributed by atoms with Crippen molar-refractivity contribution >= 4 is 5.91 Å². The van der Waals surface area contributed by atoms with Crippen molar-refractivity contribution in [3.63, 3.8) is 0 Å². The minimum absolute atomic E-state index is 0.102. The first-order valence-corrected chi connectivity index (χ1v) is 7.79. The van der Waals surface area contributed by atoms with E-state index in [1.165, 1.54) is 0 Å². The Kier molecular flexibility index (Phi) is 5.37. The van der Waals surface area contributed by atoms with Crippen molar-refractivity contribution in [1.82, 2.24) is 5.32 Å². The van der Waals surface area contributed by atoms with Gasteiger partial charge in [0.15, 0.2) is 0 Å². The van der Waals surface area contributed by atoms with Crippen LogP contribution in [0.15, 0.2) is 30.3 Å². The van der Waals surface area contributed by atoms with E-state index in [0.717, 1.165) is 31.2 Å². The number of carbonyl (C=O) groups excluding carboxylic acids is 1. The third kappa shape index (κ3) is 4.29. The number of nitrogens with two attached hydrogens (primary N) is 1. The van der Waals surface area contributed by atoms with Crippen molar-refractivity contribution < 1.29 is 9.90 Å². The van der Waals surface area contributed by atoms with Gasteiger partial charge in [-0.2, -0.15) is 0 Å². The fourth-order valence-corrected chi connectivity index (χ4v) is 3.25. The molecule has 1 aromatic carbocycles. The SMILES string of the molecule is CC1CCCC(O)(CNC(=O)C(CN)c2ccccc2)C1. The normalized spacial score (nSPS) is 27.1. The molecule has 21 heavy (non-hydrogen) atoms. The van der Waals surface area contributed by atoms with Gasteiger partial charge in [-0.15, -0.1) is 0 Å². The number of hydrogen-bond acceptors (Lipinski definition) is 3. The van der Waals surface area contributed by atoms with Crippen LogP contribution in [0.5, 0.6) is 0 Å². The summed E-state index contributed by atoms with van der Waals surface area (Å²) in [5, 5.41) is 13.5. The Morgan fingerprint density at radius 2 is 2.19 bits per heavy atom. The molecule has 4 nitrogen and oxygen atoms in total. The largest absolute Gasteiger partial charge is 0.388 e. The average Bonchev–Trinajstić information content (AvgIpc) is 2.47. The van der Waals surface area contributed by atoms with Gasteiger partial charge in [0, 0.05) is 13.1 Å². The van der Waals surface area contributed by atoms with Crippen LogP contribution in [0.4, 0.5) is 0 Å². The van der Waals surface area contributed by atoms with Crippen LogP contribution in [0.2, 0.25) is 0 Å². The Hall–Kier alpha value is -1.39. The van der Waals surface area contributed by atoms with Crippen molar-refractivity contribution in [3.05, 3.63) is 35.9 Å². The molecule has 0 bridgehead atoms. The highest BCUT2D eigenvalue weighted by Gasteiger charge is 2.33. The zero-order valence-electron chi connectivity index (χ0n) is 12.7. The maximum absolute atomic E-state index is 12.3. The second-order valence-corrected chi connectivity index (χ2v) is 6.34. The lowest BCUT2D eigenvalue weighted by Gasteiger charge is -2.36. The fraction of sp³-hybridized carbons (Fsp3) is 0.588. The predicted molar refractivity (Wildman–Crippen MR) is 83.8 cm³/mol. The summed E-state index contributed by atoms with van der Waals surface area (Å²) in [5.74, 6) is 0.0613. The summed E-state index contributed by atoms with van der Waals surface area (Å²) in [6.07, 6.45) is 3.69. The molecule has 4 heteroatoms. The molecule has 0 radical (unpaired) electrons. The summed E-state index contributed by atoms with van der Waals surface area (Å²) >= 11 is 0. The molecule has 3 unspecified atom stereocenters. The highest BCUT2D eigenvalue weighted by molar-refractivity contribution is 5.83. The molecule has 4 N–H and O–H groups in total. The van der Waals surface area contributed by atoms with Gasteiger partial charge in [-0.25, -0.2) is 0 Å². The highest BCUT2D eigenvalue weighted by Crippen LogP contribution is 2.31. The van der Waals surface area contributed by atoms with E-state index in [9.17, 15) is 9.90 Å². The monoisotopic (exact) mass is 290 g/mol. The summed E-state index contributed by atoms with van der Waals surface area (Å²) < 4.78 is 0. The Morgan fingerprint density at radius 3 is 2.81 bits per heavy atom. The highest BCUT2D eigenvalue weighted by atomic mass is 16.3. The van der Waals surface area contributed by atoms with E-state index >= 15 is 0 Å². The molecular formula is C17H26N2O2. The van der Waals surface area contributed by atoms with Crippen molar-refractivity contribution in [1.29, 1.82) is 0 Å². The molecule has 2 rings (SSSR count). The lowest BCUT2D eigenvalue weighted by atomic mass is 9.79. The molecule has 1 fully saturated rings. The molecule has 1 aliphatic carbocycles. The molecular weight excluding hydrogens is 264 g/mol. The predicted octanol–water partition coefficient (Wildman–Crippen LogP) is 1.79. The van der Waals surface area contributed by atoms with Crippen molar-refractivity contribution in [2.45, 2.75) is 44.1 Å². The molecule has 0 heterocycles. The molecule has 1 amide bonds. The van der Waals surface area contributed by atoms with Gasteiger partial charge >= 0.3 is 0 Å². The Labute approximate surface area is 126 Å². The van der Waals surface area contributed by atoms with Gasteiger partial charge < -0.3 is 16.2 Å². The van der Waals surface area contributed by atoms with E-state index in [2.05, 4.69) is 12.2 Å². The summed E-state index contributed by atoms with van der Waals surface area (Å²) in [5.41, 5.74) is 5.90. The van der Waals surface area contributed by atoms with Gasteiger partial charge in [0.1, 0.15) is 0 Å². The van der Waals surface area contributed by atoms with E-state index < -0.39 is 5.60 Å². The van der Waals surface area contributed by atoms with E-state index in [0.29, 0.717) is 12.5 Å². The number of amides is 1. The molecule has 1 saturated carbocycles. The Balaban J connectivity index is 1.94. The van der Waals surface area contributed by atoms with Crippen LogP contribution in [-0.4, -0.2) is 29.7 Å². The summed E-state index contributed by atoms with van der Waals surface area (Å²) in [6, 6.07) is 9.55. The summed E-state index contributed by atoms with van der Waals surface area (Å²) in [4.78, 5) is 12.3. The Morgan fingerprint density at radius 1 is 1.48 bits per heavy atom. The third-order valence-electron chi connectivity index (χ3n) is 4.41. The van der Waals surface area contributed by atoms with Gasteiger partial charge in [0.2, 0.25) is 5.91 Å². The molecule has 0 aliphatic heterocycles. The van der Waals surface area contributed by atoms with Crippen LogP contribution in [-0.2, 0) is 4.79 Å². The van der Waals surface area contributed by atoms with Crippen LogP contribution in [0.25, 0.3) is 0 Å². The molecule has 0 aromatic heterocycles. The molecule has 116 valence electrons. The van der Waals surface area contributed by atoms with Crippen molar-refractivity contribution in [2.24, 2.45) is 11.7 Å². The first-order chi connectivity index (χ1) is 10.0. The molecule has 3 atom stereocenters. The van der Waals surface area contributed by atoms with Gasteiger partial charge in [-0.05, 0) is 24.3 Å². The number of carbonyl (C=O) groups is 1. The van der Waals surface area contributed by atoms with Gasteiger partial charge in [0.25, 0.3) is 0 Å². The van der Waals surface area contributed by atoms with E-state index in [4.69, 9.17) is 5.73 Å². The van der Waals surface area contributed by atoms with Crippen LogP contribution >= 0.6 is 0 Å². The van der Waals surface area contributed by atoms with Gasteiger partial charge in [-0.1, -0.05) is 50.1 Å². The van der Waals surface area contributed by atoms with E-state index in [1.807, 2.05) is 30.3 Å². The van der Waals surface area contributed by atoms with Crippen molar-refractivity contribution in [2.75, 3.05) is 13.1 Å². The van der Waals surface area contributed by atoms with Crippen LogP contribution < -0.4 is 11.1 Å². The zero-order chi connectivity index (χ0) is 15.3. The third-order valence-corrected chi connectivity index (χ3v) is 4.41. The lowest BCUT2D eigenvalue weighted by Crippen LogP contribution is -2.47. The number of nitrogens with one attached hydrogen (secondary N) is 1. The smallest absolute Gasteiger partial charge is 0.228 e. The minimum Gasteiger partial charge on any atom is -0.388 e. The summed E-state index contributed by atoms with van der Waals surface area (Å²) in [7, 11) is 0. The molecule has 0 spiro atoms. The molecule has 1 aliphatic rings. The second kappa shape index (κ2) is 7.05. The summed E-state index contributed by atoms with van der Waals surface area (Å²) in [6.45, 7) is 2.74. The van der Waals surface area contributed by atoms with Crippen LogP contribution in [0.3, 0.4) is 0 Å². The number of benzene rings is 1. The van der Waals surface area contributed by atoms with Gasteiger partial charge in [0.05, 0.1) is 11.5 Å². The standard InChI is InChI=1S/C17H26N2O2/c1-13-6-5-9-17(21,10-13)12-19-16(20)15(11-18)14-7-3-2-4-8-14/h2-4,7-8,13,15,21H,5-6,9-12,18H2,1H3,(H,19,20). The minimum atomic E-state index is -0.761. The average molecular weight is 290 g/mol. The Bertz CT molecular complexity index is 463. The lowest BCUT2D eigenvalue weighted by molar-refractivity contribution is -0.124. The van der Waals surface area contributed by atoms with Crippen LogP contribution in [0, 0.1) is 5.92 Å². The number of rotatable bonds is 5. The molecule has 0 saturated heterocycles. The van der Waals surface area contributed by atoms with Crippen LogP contribution in [0.1, 0.15) is 44.1 Å². The maximum atomic E-state index is 12.3. The zero-order valence-corrected chi connectivity index (χ0v) is 12.7. The van der Waals surface area contributed by atoms with Gasteiger partial charge in [-0.3, -0.25) is 4.79 Å². The maximum Gasteiger partial charge on any atom is 0.228 e. The topological polar surface area (TPSA) is 75.3 Å². The fourth-order valence-electron chi connectivity index (χ4n) is 3.25. The number of aliphatic hydroxyl groups is 1. The second-order valence-electron chi connectivity index (χ2n) is 6.34. The number of hydrogen-bond donors (Lipinski definition) is 3. The molecule has 1 aromatic rings. The van der Waals surface area contributed by atoms with E-state index in [-0.39, 0.29) is 18.4 Å².